The molecule has 7 heteroatoms. The van der Waals surface area contributed by atoms with E-state index in [1.165, 1.54) is 11.1 Å². The fourth-order valence-corrected chi connectivity index (χ4v) is 2.81. The molecule has 0 heterocycles. The van der Waals surface area contributed by atoms with Crippen molar-refractivity contribution in [2.75, 3.05) is 25.1 Å². The molecule has 1 aliphatic carbocycles. The molecule has 2 rings (SSSR count). The number of benzene rings is 1. The van der Waals surface area contributed by atoms with Crippen molar-refractivity contribution in [3.63, 3.8) is 0 Å². The summed E-state index contributed by atoms with van der Waals surface area (Å²) in [7, 11) is 0. The van der Waals surface area contributed by atoms with Gasteiger partial charge in [0.1, 0.15) is 12.2 Å². The standard InChI is InChI=1S/C18H26F2N2O3/c1-18(2,3)25-17(23)22-13-5-6-14-12(10-13)4-7-15(14)21-8-9-24-11-16(19)20/h5-6,10,15-16,21H,4,7-9,11H2,1-3H3,(H,22,23). The number of aryl methyl sites for hydroxylation is 1. The number of amides is 1. The smallest absolute Gasteiger partial charge is 0.412 e. The van der Waals surface area contributed by atoms with Gasteiger partial charge in [-0.15, -0.1) is 0 Å². The van der Waals surface area contributed by atoms with Crippen LogP contribution < -0.4 is 10.6 Å². The number of nitrogens with one attached hydrogen (secondary N) is 2. The number of anilines is 1. The van der Waals surface area contributed by atoms with Crippen molar-refractivity contribution in [3.8, 4) is 0 Å². The van der Waals surface area contributed by atoms with E-state index in [2.05, 4.69) is 10.6 Å². The molecule has 2 N–H and O–H groups in total. The van der Waals surface area contributed by atoms with Crippen LogP contribution in [0.4, 0.5) is 19.3 Å². The Kier molecular flexibility index (Phi) is 6.72. The molecule has 0 aromatic heterocycles. The van der Waals surface area contributed by atoms with Crippen LogP contribution >= 0.6 is 0 Å². The van der Waals surface area contributed by atoms with Crippen LogP contribution in [0, 0.1) is 0 Å². The monoisotopic (exact) mass is 356 g/mol. The van der Waals surface area contributed by atoms with Gasteiger partial charge in [-0.05, 0) is 56.9 Å². The number of carbonyl (C=O) groups excluding carboxylic acids is 1. The number of alkyl halides is 2. The lowest BCUT2D eigenvalue weighted by atomic mass is 10.1. The number of rotatable bonds is 7. The Labute approximate surface area is 147 Å². The van der Waals surface area contributed by atoms with Crippen molar-refractivity contribution in [1.29, 1.82) is 0 Å². The zero-order valence-electron chi connectivity index (χ0n) is 14.9. The number of carbonyl (C=O) groups is 1. The van der Waals surface area contributed by atoms with Crippen molar-refractivity contribution < 1.29 is 23.0 Å². The summed E-state index contributed by atoms with van der Waals surface area (Å²) in [5.41, 5.74) is 2.50. The minimum absolute atomic E-state index is 0.181. The van der Waals surface area contributed by atoms with Gasteiger partial charge in [-0.3, -0.25) is 5.32 Å². The van der Waals surface area contributed by atoms with Gasteiger partial charge >= 0.3 is 6.09 Å². The summed E-state index contributed by atoms with van der Waals surface area (Å²) in [6, 6.07) is 5.96. The minimum atomic E-state index is -2.43. The van der Waals surface area contributed by atoms with Crippen LogP contribution in [-0.2, 0) is 15.9 Å². The SMILES string of the molecule is CC(C)(C)OC(=O)Nc1ccc2c(c1)CCC2NCCOCC(F)F. The molecule has 1 unspecified atom stereocenters. The van der Waals surface area contributed by atoms with E-state index in [4.69, 9.17) is 9.47 Å². The number of fused-ring (bicyclic) bond motifs is 1. The van der Waals surface area contributed by atoms with Crippen molar-refractivity contribution in [2.45, 2.75) is 51.7 Å². The first kappa shape index (κ1) is 19.6. The van der Waals surface area contributed by atoms with Gasteiger partial charge in [0.25, 0.3) is 6.43 Å². The molecule has 0 fully saturated rings. The normalized spacial score (nSPS) is 16.8. The summed E-state index contributed by atoms with van der Waals surface area (Å²) >= 11 is 0. The summed E-state index contributed by atoms with van der Waals surface area (Å²) in [6.07, 6.45) is -1.08. The molecule has 0 saturated heterocycles. The van der Waals surface area contributed by atoms with Gasteiger partial charge in [0.05, 0.1) is 6.61 Å². The van der Waals surface area contributed by atoms with Gasteiger partial charge in [-0.1, -0.05) is 6.07 Å². The van der Waals surface area contributed by atoms with Gasteiger partial charge in [-0.2, -0.15) is 0 Å². The molecule has 1 amide bonds. The zero-order valence-corrected chi connectivity index (χ0v) is 14.9. The van der Waals surface area contributed by atoms with Crippen LogP contribution in [0.3, 0.4) is 0 Å². The third-order valence-corrected chi connectivity index (χ3v) is 3.75. The maximum Gasteiger partial charge on any atom is 0.412 e. The van der Waals surface area contributed by atoms with Crippen LogP contribution in [-0.4, -0.2) is 37.9 Å². The van der Waals surface area contributed by atoms with Crippen molar-refractivity contribution in [1.82, 2.24) is 5.32 Å². The van der Waals surface area contributed by atoms with Crippen LogP contribution in [0.1, 0.15) is 44.4 Å². The Hall–Kier alpha value is -1.73. The fourth-order valence-electron chi connectivity index (χ4n) is 2.81. The van der Waals surface area contributed by atoms with Crippen LogP contribution in [0.15, 0.2) is 18.2 Å². The maximum atomic E-state index is 12.0. The third kappa shape index (κ3) is 6.59. The quantitative estimate of drug-likeness (QED) is 0.728. The highest BCUT2D eigenvalue weighted by Gasteiger charge is 2.23. The number of hydrogen-bond acceptors (Lipinski definition) is 4. The van der Waals surface area contributed by atoms with E-state index >= 15 is 0 Å². The van der Waals surface area contributed by atoms with Crippen molar-refractivity contribution >= 4 is 11.8 Å². The lowest BCUT2D eigenvalue weighted by molar-refractivity contribution is 0.0182. The first-order valence-electron chi connectivity index (χ1n) is 8.47. The number of hydrogen-bond donors (Lipinski definition) is 2. The molecule has 140 valence electrons. The van der Waals surface area contributed by atoms with E-state index in [1.54, 1.807) is 0 Å². The van der Waals surface area contributed by atoms with Crippen molar-refractivity contribution in [2.24, 2.45) is 0 Å². The fraction of sp³-hybridized carbons (Fsp3) is 0.611. The van der Waals surface area contributed by atoms with Gasteiger partial charge in [-0.25, -0.2) is 13.6 Å². The van der Waals surface area contributed by atoms with Crippen molar-refractivity contribution in [3.05, 3.63) is 29.3 Å². The molecular weight excluding hydrogens is 330 g/mol. The second kappa shape index (κ2) is 8.58. The molecule has 0 aliphatic heterocycles. The third-order valence-electron chi connectivity index (χ3n) is 3.75. The summed E-state index contributed by atoms with van der Waals surface area (Å²) in [5, 5.41) is 6.06. The van der Waals surface area contributed by atoms with Gasteiger partial charge < -0.3 is 14.8 Å². The lowest BCUT2D eigenvalue weighted by Gasteiger charge is -2.20. The Morgan fingerprint density at radius 1 is 1.36 bits per heavy atom. The molecular formula is C18H26F2N2O3. The van der Waals surface area contributed by atoms with E-state index in [1.807, 2.05) is 39.0 Å². The van der Waals surface area contributed by atoms with Crippen LogP contribution in [0.2, 0.25) is 0 Å². The van der Waals surface area contributed by atoms with E-state index in [0.717, 1.165) is 12.8 Å². The summed E-state index contributed by atoms with van der Waals surface area (Å²) in [5.74, 6) is 0. The van der Waals surface area contributed by atoms with Gasteiger partial charge in [0, 0.05) is 18.3 Å². The van der Waals surface area contributed by atoms with Crippen LogP contribution in [0.25, 0.3) is 0 Å². The van der Waals surface area contributed by atoms with E-state index < -0.39 is 24.7 Å². The Bertz CT molecular complexity index is 588. The summed E-state index contributed by atoms with van der Waals surface area (Å²) in [4.78, 5) is 11.8. The zero-order chi connectivity index (χ0) is 18.4. The number of ether oxygens (including phenoxy) is 2. The average Bonchev–Trinajstić information content (AvgIpc) is 2.87. The highest BCUT2D eigenvalue weighted by Crippen LogP contribution is 2.32. The van der Waals surface area contributed by atoms with E-state index in [9.17, 15) is 13.6 Å². The average molecular weight is 356 g/mol. The lowest BCUT2D eigenvalue weighted by Crippen LogP contribution is -2.27. The predicted octanol–water partition coefficient (Wildman–Crippen LogP) is 3.89. The predicted molar refractivity (Wildman–Crippen MR) is 92.2 cm³/mol. The molecule has 0 bridgehead atoms. The molecule has 0 saturated carbocycles. The summed E-state index contributed by atoms with van der Waals surface area (Å²) in [6.45, 7) is 5.70. The molecule has 1 atom stereocenters. The van der Waals surface area contributed by atoms with Gasteiger partial charge in [0.15, 0.2) is 0 Å². The first-order chi connectivity index (χ1) is 11.7. The molecule has 1 aliphatic rings. The molecule has 1 aromatic rings. The second-order valence-corrected chi connectivity index (χ2v) is 7.05. The second-order valence-electron chi connectivity index (χ2n) is 7.05. The molecule has 0 spiro atoms. The summed E-state index contributed by atoms with van der Waals surface area (Å²) < 4.78 is 34.1. The Morgan fingerprint density at radius 2 is 2.12 bits per heavy atom. The molecule has 25 heavy (non-hydrogen) atoms. The van der Waals surface area contributed by atoms with E-state index in [-0.39, 0.29) is 12.6 Å². The molecule has 0 radical (unpaired) electrons. The Balaban J connectivity index is 1.84. The highest BCUT2D eigenvalue weighted by molar-refractivity contribution is 5.85. The van der Waals surface area contributed by atoms with E-state index in [0.29, 0.717) is 12.2 Å². The van der Waals surface area contributed by atoms with Crippen LogP contribution in [0.5, 0.6) is 0 Å². The highest BCUT2D eigenvalue weighted by atomic mass is 19.3. The van der Waals surface area contributed by atoms with Gasteiger partial charge in [0.2, 0.25) is 0 Å². The minimum Gasteiger partial charge on any atom is -0.444 e. The molecule has 1 aromatic carbocycles. The number of halogens is 2. The maximum absolute atomic E-state index is 12.0. The Morgan fingerprint density at radius 3 is 2.80 bits per heavy atom. The largest absolute Gasteiger partial charge is 0.444 e. The topological polar surface area (TPSA) is 59.6 Å². The first-order valence-corrected chi connectivity index (χ1v) is 8.47. The molecule has 5 nitrogen and oxygen atoms in total.